The number of hydrogen-bond donors (Lipinski definition) is 2. The second kappa shape index (κ2) is 5.03. The van der Waals surface area contributed by atoms with Gasteiger partial charge in [-0.05, 0) is 41.5 Å². The first kappa shape index (κ1) is 13.3. The van der Waals surface area contributed by atoms with E-state index in [-0.39, 0.29) is 0 Å². The second-order valence-electron chi connectivity index (χ2n) is 4.82. The van der Waals surface area contributed by atoms with E-state index in [1.54, 1.807) is 0 Å². The molecule has 0 saturated heterocycles. The zero-order valence-electron chi connectivity index (χ0n) is 11.4. The van der Waals surface area contributed by atoms with Crippen molar-refractivity contribution in [2.75, 3.05) is 6.54 Å². The third kappa shape index (κ3) is 2.05. The molecule has 0 fully saturated rings. The lowest BCUT2D eigenvalue weighted by molar-refractivity contribution is 0.886. The Labute approximate surface area is 125 Å². The van der Waals surface area contributed by atoms with E-state index in [9.17, 15) is 0 Å². The maximum Gasteiger partial charge on any atom is 0.107 e. The Kier molecular flexibility index (Phi) is 3.35. The zero-order chi connectivity index (χ0) is 14.3. The molecule has 0 unspecified atom stereocenters. The Bertz CT molecular complexity index is 771. The lowest BCUT2D eigenvalue weighted by Crippen LogP contribution is -2.03. The quantitative estimate of drug-likeness (QED) is 0.773. The highest BCUT2D eigenvalue weighted by atomic mass is 79.9. The van der Waals surface area contributed by atoms with Crippen LogP contribution in [0.2, 0.25) is 0 Å². The van der Waals surface area contributed by atoms with Crippen molar-refractivity contribution in [1.29, 1.82) is 0 Å². The summed E-state index contributed by atoms with van der Waals surface area (Å²) in [4.78, 5) is 4.56. The SMILES string of the molecule is Cc1nc2cc(-c3n[nH]c(CCN)c3Br)ccc2n1C. The lowest BCUT2D eigenvalue weighted by atomic mass is 10.1. The zero-order valence-corrected chi connectivity index (χ0v) is 13.0. The molecule has 5 nitrogen and oxygen atoms in total. The van der Waals surface area contributed by atoms with Gasteiger partial charge in [-0.2, -0.15) is 5.10 Å². The summed E-state index contributed by atoms with van der Waals surface area (Å²) in [6, 6.07) is 6.21. The summed E-state index contributed by atoms with van der Waals surface area (Å²) < 4.78 is 3.06. The highest BCUT2D eigenvalue weighted by Gasteiger charge is 2.13. The standard InChI is InChI=1S/C14H16BrN5/c1-8-17-11-7-9(3-4-12(11)20(8)2)14-13(15)10(5-6-16)18-19-14/h3-4,7H,5-6,16H2,1-2H3,(H,18,19). The normalized spacial score (nSPS) is 11.4. The fraction of sp³-hybridized carbons (Fsp3) is 0.286. The number of aromatic amines is 1. The van der Waals surface area contributed by atoms with Crippen LogP contribution in [0.4, 0.5) is 0 Å². The van der Waals surface area contributed by atoms with Crippen LogP contribution in [0.25, 0.3) is 22.3 Å². The summed E-state index contributed by atoms with van der Waals surface area (Å²) in [6.45, 7) is 2.60. The second-order valence-corrected chi connectivity index (χ2v) is 5.62. The minimum atomic E-state index is 0.596. The fourth-order valence-corrected chi connectivity index (χ4v) is 2.94. The Morgan fingerprint density at radius 2 is 2.20 bits per heavy atom. The molecule has 0 aliphatic carbocycles. The molecule has 2 heterocycles. The predicted octanol–water partition coefficient (Wildman–Crippen LogP) is 2.54. The molecule has 3 aromatic rings. The molecule has 0 amide bonds. The number of nitrogens with zero attached hydrogens (tertiary/aromatic N) is 3. The van der Waals surface area contributed by atoms with E-state index < -0.39 is 0 Å². The number of halogens is 1. The van der Waals surface area contributed by atoms with Crippen LogP contribution in [-0.4, -0.2) is 26.3 Å². The van der Waals surface area contributed by atoms with Crippen LogP contribution >= 0.6 is 15.9 Å². The third-order valence-electron chi connectivity index (χ3n) is 3.55. The molecular weight excluding hydrogens is 318 g/mol. The van der Waals surface area contributed by atoms with Crippen molar-refractivity contribution in [2.45, 2.75) is 13.3 Å². The van der Waals surface area contributed by atoms with Gasteiger partial charge in [0.2, 0.25) is 0 Å². The van der Waals surface area contributed by atoms with Crippen LogP contribution in [0.1, 0.15) is 11.5 Å². The number of imidazole rings is 1. The Morgan fingerprint density at radius 3 is 2.95 bits per heavy atom. The summed E-state index contributed by atoms with van der Waals surface area (Å²) in [5.41, 5.74) is 10.7. The van der Waals surface area contributed by atoms with E-state index in [1.807, 2.05) is 14.0 Å². The average molecular weight is 334 g/mol. The van der Waals surface area contributed by atoms with Crippen molar-refractivity contribution in [1.82, 2.24) is 19.7 Å². The molecule has 0 aliphatic heterocycles. The van der Waals surface area contributed by atoms with Gasteiger partial charge in [-0.15, -0.1) is 0 Å². The number of nitrogens with two attached hydrogens (primary N) is 1. The summed E-state index contributed by atoms with van der Waals surface area (Å²) >= 11 is 3.60. The van der Waals surface area contributed by atoms with Gasteiger partial charge >= 0.3 is 0 Å². The number of nitrogens with one attached hydrogen (secondary N) is 1. The van der Waals surface area contributed by atoms with Crippen molar-refractivity contribution in [3.8, 4) is 11.3 Å². The maximum atomic E-state index is 5.59. The minimum absolute atomic E-state index is 0.596. The maximum absolute atomic E-state index is 5.59. The van der Waals surface area contributed by atoms with E-state index in [0.29, 0.717) is 6.54 Å². The van der Waals surface area contributed by atoms with Gasteiger partial charge in [0.25, 0.3) is 0 Å². The minimum Gasteiger partial charge on any atom is -0.331 e. The molecule has 6 heteroatoms. The Balaban J connectivity index is 2.10. The molecule has 20 heavy (non-hydrogen) atoms. The van der Waals surface area contributed by atoms with Gasteiger partial charge in [-0.3, -0.25) is 5.10 Å². The molecule has 3 rings (SSSR count). The highest BCUT2D eigenvalue weighted by Crippen LogP contribution is 2.31. The van der Waals surface area contributed by atoms with Crippen LogP contribution in [-0.2, 0) is 13.5 Å². The number of aromatic nitrogens is 4. The predicted molar refractivity (Wildman–Crippen MR) is 83.5 cm³/mol. The highest BCUT2D eigenvalue weighted by molar-refractivity contribution is 9.10. The van der Waals surface area contributed by atoms with Gasteiger partial charge in [0.05, 0.1) is 21.2 Å². The van der Waals surface area contributed by atoms with E-state index in [1.165, 1.54) is 0 Å². The average Bonchev–Trinajstić information content (AvgIpc) is 2.92. The summed E-state index contributed by atoms with van der Waals surface area (Å²) in [6.07, 6.45) is 0.776. The third-order valence-corrected chi connectivity index (χ3v) is 4.40. The van der Waals surface area contributed by atoms with Crippen LogP contribution < -0.4 is 5.73 Å². The Morgan fingerprint density at radius 1 is 1.40 bits per heavy atom. The molecule has 0 aliphatic rings. The first-order valence-electron chi connectivity index (χ1n) is 6.48. The molecule has 104 valence electrons. The van der Waals surface area contributed by atoms with Gasteiger partial charge in [0.15, 0.2) is 0 Å². The van der Waals surface area contributed by atoms with Gasteiger partial charge in [-0.25, -0.2) is 4.98 Å². The van der Waals surface area contributed by atoms with Crippen LogP contribution in [0.3, 0.4) is 0 Å². The lowest BCUT2D eigenvalue weighted by Gasteiger charge is -2.00. The Hall–Kier alpha value is -1.66. The van der Waals surface area contributed by atoms with Gasteiger partial charge in [0.1, 0.15) is 11.5 Å². The molecule has 0 spiro atoms. The molecule has 1 aromatic carbocycles. The van der Waals surface area contributed by atoms with Crippen LogP contribution in [0, 0.1) is 6.92 Å². The number of H-pyrrole nitrogens is 1. The van der Waals surface area contributed by atoms with Crippen molar-refractivity contribution in [3.05, 3.63) is 34.2 Å². The summed E-state index contributed by atoms with van der Waals surface area (Å²) in [5, 5.41) is 7.41. The molecule has 2 aromatic heterocycles. The number of fused-ring (bicyclic) bond motifs is 1. The fourth-order valence-electron chi connectivity index (χ4n) is 2.33. The largest absolute Gasteiger partial charge is 0.331 e. The van der Waals surface area contributed by atoms with Crippen LogP contribution in [0.5, 0.6) is 0 Å². The first-order valence-corrected chi connectivity index (χ1v) is 7.27. The van der Waals surface area contributed by atoms with Crippen molar-refractivity contribution >= 4 is 27.0 Å². The summed E-state index contributed by atoms with van der Waals surface area (Å²) in [5.74, 6) is 1.00. The molecule has 0 radical (unpaired) electrons. The molecule has 0 bridgehead atoms. The first-order chi connectivity index (χ1) is 9.61. The topological polar surface area (TPSA) is 72.5 Å². The number of benzene rings is 1. The van der Waals surface area contributed by atoms with Gasteiger partial charge in [0, 0.05) is 19.0 Å². The van der Waals surface area contributed by atoms with Gasteiger partial charge < -0.3 is 10.3 Å². The smallest absolute Gasteiger partial charge is 0.107 e. The summed E-state index contributed by atoms with van der Waals surface area (Å²) in [7, 11) is 2.02. The van der Waals surface area contributed by atoms with E-state index >= 15 is 0 Å². The van der Waals surface area contributed by atoms with Crippen molar-refractivity contribution < 1.29 is 0 Å². The van der Waals surface area contributed by atoms with E-state index in [2.05, 4.69) is 53.9 Å². The molecule has 0 saturated carbocycles. The molecule has 0 atom stereocenters. The van der Waals surface area contributed by atoms with Gasteiger partial charge in [-0.1, -0.05) is 6.07 Å². The van der Waals surface area contributed by atoms with E-state index in [0.717, 1.165) is 44.7 Å². The van der Waals surface area contributed by atoms with Crippen LogP contribution in [0.15, 0.2) is 22.7 Å². The molecule has 3 N–H and O–H groups in total. The van der Waals surface area contributed by atoms with E-state index in [4.69, 9.17) is 5.73 Å². The monoisotopic (exact) mass is 333 g/mol. The number of hydrogen-bond acceptors (Lipinski definition) is 3. The number of aryl methyl sites for hydroxylation is 2. The van der Waals surface area contributed by atoms with Crippen molar-refractivity contribution in [3.63, 3.8) is 0 Å². The molecular formula is C14H16BrN5. The number of rotatable bonds is 3. The van der Waals surface area contributed by atoms with Crippen molar-refractivity contribution in [2.24, 2.45) is 12.8 Å².